The molecule has 0 radical (unpaired) electrons. The van der Waals surface area contributed by atoms with Crippen molar-refractivity contribution in [3.05, 3.63) is 35.9 Å². The summed E-state index contributed by atoms with van der Waals surface area (Å²) in [6.45, 7) is 0. The molecule has 0 saturated heterocycles. The third-order valence-corrected chi connectivity index (χ3v) is 2.77. The summed E-state index contributed by atoms with van der Waals surface area (Å²) in [5.41, 5.74) is 6.64. The Morgan fingerprint density at radius 2 is 2.07 bits per heavy atom. The Balaban J connectivity index is 2.17. The van der Waals surface area contributed by atoms with Crippen LogP contribution in [0.1, 0.15) is 12.0 Å². The number of oxime groups is 1. The molecule has 0 aliphatic carbocycles. The van der Waals surface area contributed by atoms with E-state index in [0.29, 0.717) is 12.3 Å². The van der Waals surface area contributed by atoms with E-state index in [1.807, 2.05) is 18.2 Å². The van der Waals surface area contributed by atoms with Gasteiger partial charge in [-0.15, -0.1) is 0 Å². The number of nitrogens with two attached hydrogens (primary N) is 1. The SMILES string of the molecule is N/C(CCSCc1ccccc1)=N\O. The van der Waals surface area contributed by atoms with Crippen molar-refractivity contribution < 1.29 is 5.21 Å². The molecule has 4 heteroatoms. The summed E-state index contributed by atoms with van der Waals surface area (Å²) < 4.78 is 0. The molecule has 0 saturated carbocycles. The highest BCUT2D eigenvalue weighted by atomic mass is 32.2. The van der Waals surface area contributed by atoms with Crippen LogP contribution in [0.2, 0.25) is 0 Å². The van der Waals surface area contributed by atoms with Gasteiger partial charge in [0.15, 0.2) is 0 Å². The van der Waals surface area contributed by atoms with Gasteiger partial charge in [-0.1, -0.05) is 35.5 Å². The van der Waals surface area contributed by atoms with Crippen molar-refractivity contribution in [3.63, 3.8) is 0 Å². The summed E-state index contributed by atoms with van der Waals surface area (Å²) in [5, 5.41) is 11.2. The molecule has 76 valence electrons. The first-order valence-electron chi connectivity index (χ1n) is 4.41. The zero-order chi connectivity index (χ0) is 10.2. The second-order valence-electron chi connectivity index (χ2n) is 2.88. The molecule has 0 amide bonds. The van der Waals surface area contributed by atoms with Crippen molar-refractivity contribution >= 4 is 17.6 Å². The van der Waals surface area contributed by atoms with Crippen LogP contribution in [0.25, 0.3) is 0 Å². The molecular weight excluding hydrogens is 196 g/mol. The Morgan fingerprint density at radius 3 is 2.71 bits per heavy atom. The topological polar surface area (TPSA) is 58.6 Å². The molecule has 3 N–H and O–H groups in total. The predicted molar refractivity (Wildman–Crippen MR) is 60.6 cm³/mol. The lowest BCUT2D eigenvalue weighted by atomic mass is 10.2. The molecule has 1 rings (SSSR count). The molecule has 0 fully saturated rings. The van der Waals surface area contributed by atoms with Gasteiger partial charge in [0.2, 0.25) is 0 Å². The molecule has 0 aliphatic rings. The van der Waals surface area contributed by atoms with Gasteiger partial charge >= 0.3 is 0 Å². The normalized spacial score (nSPS) is 11.6. The molecule has 0 bridgehead atoms. The van der Waals surface area contributed by atoms with E-state index < -0.39 is 0 Å². The van der Waals surface area contributed by atoms with E-state index in [4.69, 9.17) is 10.9 Å². The van der Waals surface area contributed by atoms with Gasteiger partial charge in [0, 0.05) is 17.9 Å². The fourth-order valence-electron chi connectivity index (χ4n) is 0.991. The largest absolute Gasteiger partial charge is 0.409 e. The second-order valence-corrected chi connectivity index (χ2v) is 3.98. The number of hydrogen-bond acceptors (Lipinski definition) is 3. The minimum absolute atomic E-state index is 0.297. The maximum absolute atomic E-state index is 8.30. The number of hydrogen-bond donors (Lipinski definition) is 2. The first-order valence-corrected chi connectivity index (χ1v) is 5.56. The molecular formula is C10H14N2OS. The van der Waals surface area contributed by atoms with Crippen molar-refractivity contribution in [2.45, 2.75) is 12.2 Å². The van der Waals surface area contributed by atoms with E-state index in [2.05, 4.69) is 17.3 Å². The highest BCUT2D eigenvalue weighted by Gasteiger charge is 1.95. The first kappa shape index (κ1) is 10.9. The van der Waals surface area contributed by atoms with Gasteiger partial charge in [-0.25, -0.2) is 0 Å². The van der Waals surface area contributed by atoms with Crippen molar-refractivity contribution in [2.24, 2.45) is 10.9 Å². The smallest absolute Gasteiger partial charge is 0.139 e. The molecule has 0 aromatic heterocycles. The van der Waals surface area contributed by atoms with E-state index >= 15 is 0 Å². The van der Waals surface area contributed by atoms with Crippen LogP contribution in [-0.4, -0.2) is 16.8 Å². The van der Waals surface area contributed by atoms with E-state index in [1.165, 1.54) is 5.56 Å². The van der Waals surface area contributed by atoms with Crippen molar-refractivity contribution in [2.75, 3.05) is 5.75 Å². The summed E-state index contributed by atoms with van der Waals surface area (Å²) in [5.74, 6) is 2.15. The molecule has 0 spiro atoms. The average molecular weight is 210 g/mol. The molecule has 14 heavy (non-hydrogen) atoms. The summed E-state index contributed by atoms with van der Waals surface area (Å²) >= 11 is 1.78. The van der Waals surface area contributed by atoms with E-state index in [0.717, 1.165) is 11.5 Å². The summed E-state index contributed by atoms with van der Waals surface area (Å²) in [6, 6.07) is 10.2. The number of thioether (sulfide) groups is 1. The molecule has 1 aromatic carbocycles. The second kappa shape index (κ2) is 6.32. The predicted octanol–water partition coefficient (Wildman–Crippen LogP) is 2.06. The monoisotopic (exact) mass is 210 g/mol. The van der Waals surface area contributed by atoms with Crippen molar-refractivity contribution in [1.29, 1.82) is 0 Å². The maximum atomic E-state index is 8.30. The minimum atomic E-state index is 0.297. The summed E-state index contributed by atoms with van der Waals surface area (Å²) in [7, 11) is 0. The van der Waals surface area contributed by atoms with Crippen LogP contribution in [0.4, 0.5) is 0 Å². The summed E-state index contributed by atoms with van der Waals surface area (Å²) in [6.07, 6.45) is 0.633. The third-order valence-electron chi connectivity index (χ3n) is 1.74. The zero-order valence-corrected chi connectivity index (χ0v) is 8.70. The highest BCUT2D eigenvalue weighted by molar-refractivity contribution is 7.98. The number of amidine groups is 1. The van der Waals surface area contributed by atoms with Crippen LogP contribution in [0, 0.1) is 0 Å². The highest BCUT2D eigenvalue weighted by Crippen LogP contribution is 2.12. The van der Waals surface area contributed by atoms with Crippen molar-refractivity contribution in [1.82, 2.24) is 0 Å². The standard InChI is InChI=1S/C10H14N2OS/c11-10(12-13)6-7-14-8-9-4-2-1-3-5-9/h1-5,13H,6-8H2,(H2,11,12). The Morgan fingerprint density at radius 1 is 1.36 bits per heavy atom. The number of benzene rings is 1. The van der Waals surface area contributed by atoms with Crippen LogP contribution < -0.4 is 5.73 Å². The zero-order valence-electron chi connectivity index (χ0n) is 7.89. The van der Waals surface area contributed by atoms with Crippen LogP contribution >= 0.6 is 11.8 Å². The summed E-state index contributed by atoms with van der Waals surface area (Å²) in [4.78, 5) is 0. The van der Waals surface area contributed by atoms with Crippen molar-refractivity contribution in [3.8, 4) is 0 Å². The Bertz CT molecular complexity index is 287. The number of rotatable bonds is 5. The van der Waals surface area contributed by atoms with E-state index in [-0.39, 0.29) is 0 Å². The first-order chi connectivity index (χ1) is 6.83. The van der Waals surface area contributed by atoms with Gasteiger partial charge in [-0.3, -0.25) is 0 Å². The molecule has 0 aliphatic heterocycles. The lowest BCUT2D eigenvalue weighted by molar-refractivity contribution is 0.317. The lowest BCUT2D eigenvalue weighted by Gasteiger charge is -2.00. The third kappa shape index (κ3) is 4.18. The van der Waals surface area contributed by atoms with Crippen LogP contribution in [-0.2, 0) is 5.75 Å². The van der Waals surface area contributed by atoms with E-state index in [1.54, 1.807) is 11.8 Å². The quantitative estimate of drug-likeness (QED) is 0.257. The Hall–Kier alpha value is -1.16. The fourth-order valence-corrected chi connectivity index (χ4v) is 1.92. The molecule has 0 atom stereocenters. The minimum Gasteiger partial charge on any atom is -0.409 e. The lowest BCUT2D eigenvalue weighted by Crippen LogP contribution is -2.12. The van der Waals surface area contributed by atoms with Crippen LogP contribution in [0.15, 0.2) is 35.5 Å². The maximum Gasteiger partial charge on any atom is 0.139 e. The van der Waals surface area contributed by atoms with Gasteiger partial charge in [-0.2, -0.15) is 11.8 Å². The molecule has 0 heterocycles. The fraction of sp³-hybridized carbons (Fsp3) is 0.300. The van der Waals surface area contributed by atoms with Gasteiger partial charge in [0.1, 0.15) is 5.84 Å². The van der Waals surface area contributed by atoms with Gasteiger partial charge in [0.05, 0.1) is 0 Å². The molecule has 3 nitrogen and oxygen atoms in total. The van der Waals surface area contributed by atoms with Gasteiger partial charge in [0.25, 0.3) is 0 Å². The van der Waals surface area contributed by atoms with Crippen LogP contribution in [0.3, 0.4) is 0 Å². The van der Waals surface area contributed by atoms with E-state index in [9.17, 15) is 0 Å². The van der Waals surface area contributed by atoms with Crippen LogP contribution in [0.5, 0.6) is 0 Å². The average Bonchev–Trinajstić information content (AvgIpc) is 2.25. The molecule has 0 unspecified atom stereocenters. The Labute approximate surface area is 88.0 Å². The Kier molecular flexibility index (Phi) is 4.93. The number of nitrogens with zero attached hydrogens (tertiary/aromatic N) is 1. The van der Waals surface area contributed by atoms with Gasteiger partial charge < -0.3 is 10.9 Å². The van der Waals surface area contributed by atoms with Gasteiger partial charge in [-0.05, 0) is 5.56 Å². The molecule has 1 aromatic rings.